The first-order valence-electron chi connectivity index (χ1n) is 6.84. The van der Waals surface area contributed by atoms with Gasteiger partial charge in [0.1, 0.15) is 0 Å². The van der Waals surface area contributed by atoms with E-state index in [4.69, 9.17) is 4.74 Å². The molecule has 1 fully saturated rings. The molecule has 0 saturated heterocycles. The molecular weight excluding hydrogens is 243 g/mol. The van der Waals surface area contributed by atoms with Crippen molar-refractivity contribution in [1.29, 1.82) is 0 Å². The zero-order chi connectivity index (χ0) is 13.8. The molecule has 0 radical (unpaired) electrons. The maximum Gasteiger partial charge on any atom is 0.414 e. The van der Waals surface area contributed by atoms with Gasteiger partial charge in [-0.2, -0.15) is 13.2 Å². The minimum atomic E-state index is -4.27. The summed E-state index contributed by atoms with van der Waals surface area (Å²) in [6.07, 6.45) is -2.54. The van der Waals surface area contributed by atoms with Gasteiger partial charge in [-0.25, -0.2) is 0 Å². The van der Waals surface area contributed by atoms with Gasteiger partial charge < -0.3 is 10.1 Å². The Morgan fingerprint density at radius 3 is 2.44 bits per heavy atom. The minimum absolute atomic E-state index is 0.0580. The molecule has 18 heavy (non-hydrogen) atoms. The summed E-state index contributed by atoms with van der Waals surface area (Å²) in [5.74, 6) is 0.491. The Bertz CT molecular complexity index is 245. The fourth-order valence-electron chi connectivity index (χ4n) is 2.57. The van der Waals surface area contributed by atoms with E-state index in [-0.39, 0.29) is 12.1 Å². The topological polar surface area (TPSA) is 21.3 Å². The van der Waals surface area contributed by atoms with E-state index in [1.54, 1.807) is 0 Å². The van der Waals surface area contributed by atoms with Crippen LogP contribution in [0.1, 0.15) is 46.5 Å². The lowest BCUT2D eigenvalue weighted by Crippen LogP contribution is -2.48. The van der Waals surface area contributed by atoms with E-state index in [0.29, 0.717) is 5.92 Å². The lowest BCUT2D eigenvalue weighted by molar-refractivity contribution is -0.233. The molecule has 0 aromatic heterocycles. The SMILES string of the molecule is CCNC1CCC(CC)CC1OC(C)C(F)(F)F. The van der Waals surface area contributed by atoms with Crippen LogP contribution >= 0.6 is 0 Å². The van der Waals surface area contributed by atoms with Crippen molar-refractivity contribution >= 4 is 0 Å². The van der Waals surface area contributed by atoms with E-state index >= 15 is 0 Å². The summed E-state index contributed by atoms with van der Waals surface area (Å²) in [5.41, 5.74) is 0. The van der Waals surface area contributed by atoms with Gasteiger partial charge >= 0.3 is 6.18 Å². The Morgan fingerprint density at radius 2 is 1.94 bits per heavy atom. The van der Waals surface area contributed by atoms with Crippen molar-refractivity contribution in [3.63, 3.8) is 0 Å². The molecule has 108 valence electrons. The third kappa shape index (κ3) is 4.43. The van der Waals surface area contributed by atoms with Crippen molar-refractivity contribution in [3.05, 3.63) is 0 Å². The Kier molecular flexibility index (Phi) is 5.92. The summed E-state index contributed by atoms with van der Waals surface area (Å²) in [6, 6.07) is 0.0580. The van der Waals surface area contributed by atoms with Gasteiger partial charge in [0.2, 0.25) is 0 Å². The number of halogens is 3. The molecule has 5 heteroatoms. The van der Waals surface area contributed by atoms with Crippen LogP contribution in [0.4, 0.5) is 13.2 Å². The maximum atomic E-state index is 12.6. The Hall–Kier alpha value is -0.290. The molecule has 2 nitrogen and oxygen atoms in total. The van der Waals surface area contributed by atoms with E-state index in [2.05, 4.69) is 12.2 Å². The first-order chi connectivity index (χ1) is 8.38. The van der Waals surface area contributed by atoms with Crippen LogP contribution in [0, 0.1) is 5.92 Å². The number of rotatable bonds is 5. The number of hydrogen-bond donors (Lipinski definition) is 1. The van der Waals surface area contributed by atoms with Gasteiger partial charge in [0, 0.05) is 6.04 Å². The predicted molar refractivity (Wildman–Crippen MR) is 65.5 cm³/mol. The summed E-state index contributed by atoms with van der Waals surface area (Å²) in [6.45, 7) is 5.92. The number of alkyl halides is 3. The predicted octanol–water partition coefficient (Wildman–Crippen LogP) is 3.51. The van der Waals surface area contributed by atoms with Gasteiger partial charge in [0.25, 0.3) is 0 Å². The number of hydrogen-bond acceptors (Lipinski definition) is 2. The van der Waals surface area contributed by atoms with E-state index in [1.165, 1.54) is 0 Å². The molecule has 0 amide bonds. The first kappa shape index (κ1) is 15.8. The standard InChI is InChI=1S/C13H24F3NO/c1-4-10-6-7-11(17-5-2)12(8-10)18-9(3)13(14,15)16/h9-12,17H,4-8H2,1-3H3. The molecule has 0 aromatic carbocycles. The molecule has 1 aliphatic carbocycles. The number of nitrogens with one attached hydrogen (secondary N) is 1. The fraction of sp³-hybridized carbons (Fsp3) is 1.00. The normalized spacial score (nSPS) is 31.3. The van der Waals surface area contributed by atoms with Crippen molar-refractivity contribution in [2.75, 3.05) is 6.54 Å². The smallest absolute Gasteiger partial charge is 0.364 e. The molecule has 0 bridgehead atoms. The van der Waals surface area contributed by atoms with Gasteiger partial charge in [-0.1, -0.05) is 20.3 Å². The van der Waals surface area contributed by atoms with Crippen LogP contribution in [0.25, 0.3) is 0 Å². The Balaban J connectivity index is 2.60. The van der Waals surface area contributed by atoms with E-state index in [0.717, 1.165) is 39.2 Å². The highest BCUT2D eigenvalue weighted by molar-refractivity contribution is 4.86. The van der Waals surface area contributed by atoms with Crippen LogP contribution in [0.3, 0.4) is 0 Å². The monoisotopic (exact) mass is 267 g/mol. The van der Waals surface area contributed by atoms with Gasteiger partial charge in [0.15, 0.2) is 6.10 Å². The average Bonchev–Trinajstić information content (AvgIpc) is 2.30. The molecule has 0 heterocycles. The molecule has 4 atom stereocenters. The second kappa shape index (κ2) is 6.75. The van der Waals surface area contributed by atoms with Crippen LogP contribution < -0.4 is 5.32 Å². The summed E-state index contributed by atoms with van der Waals surface area (Å²) >= 11 is 0. The molecule has 1 rings (SSSR count). The average molecular weight is 267 g/mol. The molecular formula is C13H24F3NO. The zero-order valence-electron chi connectivity index (χ0n) is 11.4. The summed E-state index contributed by atoms with van der Waals surface area (Å²) in [5, 5.41) is 3.24. The van der Waals surface area contributed by atoms with Gasteiger partial charge in [-0.3, -0.25) is 0 Å². The minimum Gasteiger partial charge on any atom is -0.364 e. The third-order valence-electron chi connectivity index (χ3n) is 3.78. The van der Waals surface area contributed by atoms with Crippen molar-refractivity contribution in [2.24, 2.45) is 5.92 Å². The molecule has 4 unspecified atom stereocenters. The molecule has 0 aromatic rings. The first-order valence-corrected chi connectivity index (χ1v) is 6.84. The van der Waals surface area contributed by atoms with Crippen molar-refractivity contribution in [1.82, 2.24) is 5.32 Å². The van der Waals surface area contributed by atoms with Crippen molar-refractivity contribution in [2.45, 2.75) is 70.9 Å². The Morgan fingerprint density at radius 1 is 1.28 bits per heavy atom. The lowest BCUT2D eigenvalue weighted by atomic mass is 9.82. The lowest BCUT2D eigenvalue weighted by Gasteiger charge is -2.38. The van der Waals surface area contributed by atoms with Gasteiger partial charge in [0.05, 0.1) is 6.10 Å². The van der Waals surface area contributed by atoms with E-state index in [9.17, 15) is 13.2 Å². The van der Waals surface area contributed by atoms with E-state index in [1.807, 2.05) is 6.92 Å². The maximum absolute atomic E-state index is 12.6. The zero-order valence-corrected chi connectivity index (χ0v) is 11.4. The fourth-order valence-corrected chi connectivity index (χ4v) is 2.57. The van der Waals surface area contributed by atoms with Crippen molar-refractivity contribution < 1.29 is 17.9 Å². The summed E-state index contributed by atoms with van der Waals surface area (Å²) < 4.78 is 42.9. The van der Waals surface area contributed by atoms with Crippen LogP contribution in [-0.4, -0.2) is 31.0 Å². The summed E-state index contributed by atoms with van der Waals surface area (Å²) in [7, 11) is 0. The highest BCUT2D eigenvalue weighted by Crippen LogP contribution is 2.32. The Labute approximate surface area is 107 Å². The van der Waals surface area contributed by atoms with Crippen LogP contribution in [0.5, 0.6) is 0 Å². The van der Waals surface area contributed by atoms with Crippen LogP contribution in [0.15, 0.2) is 0 Å². The van der Waals surface area contributed by atoms with Gasteiger partial charge in [-0.15, -0.1) is 0 Å². The third-order valence-corrected chi connectivity index (χ3v) is 3.78. The molecule has 1 aliphatic rings. The quantitative estimate of drug-likeness (QED) is 0.823. The molecule has 1 saturated carbocycles. The second-order valence-electron chi connectivity index (χ2n) is 5.11. The summed E-state index contributed by atoms with van der Waals surface area (Å²) in [4.78, 5) is 0. The van der Waals surface area contributed by atoms with E-state index < -0.39 is 12.3 Å². The number of ether oxygens (including phenoxy) is 1. The van der Waals surface area contributed by atoms with Crippen molar-refractivity contribution in [3.8, 4) is 0 Å². The van der Waals surface area contributed by atoms with Crippen LogP contribution in [-0.2, 0) is 4.74 Å². The van der Waals surface area contributed by atoms with Crippen LogP contribution in [0.2, 0.25) is 0 Å². The van der Waals surface area contributed by atoms with Gasteiger partial charge in [-0.05, 0) is 38.6 Å². The molecule has 0 aliphatic heterocycles. The number of likely N-dealkylation sites (N-methyl/N-ethyl adjacent to an activating group) is 1. The molecule has 1 N–H and O–H groups in total. The highest BCUT2D eigenvalue weighted by Gasteiger charge is 2.41. The largest absolute Gasteiger partial charge is 0.414 e. The molecule has 0 spiro atoms. The highest BCUT2D eigenvalue weighted by atomic mass is 19.4. The second-order valence-corrected chi connectivity index (χ2v) is 5.11.